The van der Waals surface area contributed by atoms with Gasteiger partial charge < -0.3 is 14.9 Å². The van der Waals surface area contributed by atoms with E-state index in [1.807, 2.05) is 0 Å². The van der Waals surface area contributed by atoms with Crippen LogP contribution < -0.4 is 4.90 Å². The summed E-state index contributed by atoms with van der Waals surface area (Å²) >= 11 is 0. The van der Waals surface area contributed by atoms with Gasteiger partial charge >= 0.3 is 6.09 Å². The van der Waals surface area contributed by atoms with Crippen molar-refractivity contribution in [3.05, 3.63) is 24.3 Å². The maximum atomic E-state index is 11.2. The van der Waals surface area contributed by atoms with Gasteiger partial charge in [0, 0.05) is 5.69 Å². The maximum Gasteiger partial charge on any atom is 0.412 e. The molecule has 16 heavy (non-hydrogen) atoms. The van der Waals surface area contributed by atoms with Crippen molar-refractivity contribution in [3.8, 4) is 5.75 Å². The summed E-state index contributed by atoms with van der Waals surface area (Å²) in [5.74, 6) is 0.115. The van der Waals surface area contributed by atoms with Crippen LogP contribution in [-0.2, 0) is 4.74 Å². The second-order valence-electron chi connectivity index (χ2n) is 3.78. The fourth-order valence-electron chi connectivity index (χ4n) is 1.63. The number of carboxylic acid groups (broad SMARTS) is 1. The molecule has 0 spiro atoms. The van der Waals surface area contributed by atoms with Crippen LogP contribution in [0, 0.1) is 0 Å². The van der Waals surface area contributed by atoms with Gasteiger partial charge in [-0.15, -0.1) is 0 Å². The van der Waals surface area contributed by atoms with Gasteiger partial charge in [0.1, 0.15) is 11.9 Å². The van der Waals surface area contributed by atoms with Crippen molar-refractivity contribution in [1.29, 1.82) is 0 Å². The molecule has 1 unspecified atom stereocenters. The molecule has 2 N–H and O–H groups in total. The Morgan fingerprint density at radius 3 is 2.50 bits per heavy atom. The van der Waals surface area contributed by atoms with Crippen LogP contribution in [0.25, 0.3) is 0 Å². The average molecular weight is 223 g/mol. The molecular weight excluding hydrogens is 210 g/mol. The van der Waals surface area contributed by atoms with E-state index in [0.717, 1.165) is 0 Å². The van der Waals surface area contributed by atoms with Crippen LogP contribution in [0.2, 0.25) is 0 Å². The van der Waals surface area contributed by atoms with E-state index in [0.29, 0.717) is 12.3 Å². The standard InChI is InChI=1S/C11H13NO4/c1-7(10-6-16-10)12(11(14)15)8-2-4-9(13)5-3-8/h2-5,7,10,13H,6H2,1H3,(H,14,15)/t7?,10-/m1/s1. The quantitative estimate of drug-likeness (QED) is 0.764. The van der Waals surface area contributed by atoms with E-state index in [1.54, 1.807) is 19.1 Å². The second-order valence-corrected chi connectivity index (χ2v) is 3.78. The second kappa shape index (κ2) is 4.02. The Morgan fingerprint density at radius 1 is 1.50 bits per heavy atom. The van der Waals surface area contributed by atoms with Crippen molar-refractivity contribution in [3.63, 3.8) is 0 Å². The van der Waals surface area contributed by atoms with E-state index in [-0.39, 0.29) is 17.9 Å². The summed E-state index contributed by atoms with van der Waals surface area (Å²) in [4.78, 5) is 12.4. The Balaban J connectivity index is 2.24. The highest BCUT2D eigenvalue weighted by molar-refractivity contribution is 5.86. The monoisotopic (exact) mass is 223 g/mol. The van der Waals surface area contributed by atoms with Crippen molar-refractivity contribution in [2.45, 2.75) is 19.1 Å². The van der Waals surface area contributed by atoms with E-state index in [1.165, 1.54) is 17.0 Å². The van der Waals surface area contributed by atoms with Gasteiger partial charge in [0.15, 0.2) is 0 Å². The van der Waals surface area contributed by atoms with E-state index < -0.39 is 6.09 Å². The lowest BCUT2D eigenvalue weighted by Gasteiger charge is -2.25. The summed E-state index contributed by atoms with van der Waals surface area (Å²) in [5.41, 5.74) is 0.535. The van der Waals surface area contributed by atoms with Crippen LogP contribution in [0.1, 0.15) is 6.92 Å². The highest BCUT2D eigenvalue weighted by Crippen LogP contribution is 2.26. The fourth-order valence-corrected chi connectivity index (χ4v) is 1.63. The van der Waals surface area contributed by atoms with Gasteiger partial charge in [0.05, 0.1) is 12.6 Å². The number of anilines is 1. The van der Waals surface area contributed by atoms with Crippen molar-refractivity contribution in [1.82, 2.24) is 0 Å². The van der Waals surface area contributed by atoms with Crippen molar-refractivity contribution < 1.29 is 19.7 Å². The van der Waals surface area contributed by atoms with Gasteiger partial charge in [0.2, 0.25) is 0 Å². The molecular formula is C11H13NO4. The van der Waals surface area contributed by atoms with Gasteiger partial charge in [-0.3, -0.25) is 4.90 Å². The van der Waals surface area contributed by atoms with Gasteiger partial charge in [-0.05, 0) is 31.2 Å². The van der Waals surface area contributed by atoms with Crippen LogP contribution in [0.15, 0.2) is 24.3 Å². The molecule has 0 aromatic heterocycles. The molecule has 0 saturated carbocycles. The first-order valence-corrected chi connectivity index (χ1v) is 5.02. The smallest absolute Gasteiger partial charge is 0.412 e. The molecule has 1 saturated heterocycles. The zero-order valence-electron chi connectivity index (χ0n) is 8.83. The van der Waals surface area contributed by atoms with Crippen LogP contribution in [0.5, 0.6) is 5.75 Å². The van der Waals surface area contributed by atoms with E-state index in [9.17, 15) is 4.79 Å². The predicted molar refractivity (Wildman–Crippen MR) is 57.8 cm³/mol. The molecule has 0 aliphatic carbocycles. The summed E-state index contributed by atoms with van der Waals surface area (Å²) in [7, 11) is 0. The van der Waals surface area contributed by atoms with Crippen LogP contribution >= 0.6 is 0 Å². The SMILES string of the molecule is CC([C@H]1CO1)N(C(=O)O)c1ccc(O)cc1. The Morgan fingerprint density at radius 2 is 2.06 bits per heavy atom. The molecule has 2 atom stereocenters. The number of carbonyl (C=O) groups is 1. The average Bonchev–Trinajstić information content (AvgIpc) is 3.04. The van der Waals surface area contributed by atoms with E-state index >= 15 is 0 Å². The Hall–Kier alpha value is -1.75. The highest BCUT2D eigenvalue weighted by atomic mass is 16.6. The summed E-state index contributed by atoms with van der Waals surface area (Å²) in [5, 5.41) is 18.3. The summed E-state index contributed by atoms with van der Waals surface area (Å²) in [6, 6.07) is 5.85. The van der Waals surface area contributed by atoms with Crippen molar-refractivity contribution in [2.24, 2.45) is 0 Å². The first kappa shape index (κ1) is 10.8. The molecule has 1 aliphatic rings. The molecule has 2 rings (SSSR count). The predicted octanol–water partition coefficient (Wildman–Crippen LogP) is 1.66. The van der Waals surface area contributed by atoms with Crippen LogP contribution in [0.4, 0.5) is 10.5 Å². The zero-order chi connectivity index (χ0) is 11.7. The number of epoxide rings is 1. The molecule has 5 heteroatoms. The molecule has 86 valence electrons. The lowest BCUT2D eigenvalue weighted by atomic mass is 10.2. The number of hydrogen-bond donors (Lipinski definition) is 2. The summed E-state index contributed by atoms with van der Waals surface area (Å²) < 4.78 is 5.09. The highest BCUT2D eigenvalue weighted by Gasteiger charge is 2.36. The topological polar surface area (TPSA) is 73.3 Å². The summed E-state index contributed by atoms with van der Waals surface area (Å²) in [6.45, 7) is 2.40. The number of amides is 1. The summed E-state index contributed by atoms with van der Waals surface area (Å²) in [6.07, 6.45) is -1.04. The molecule has 0 bridgehead atoms. The van der Waals surface area contributed by atoms with E-state index in [2.05, 4.69) is 0 Å². The van der Waals surface area contributed by atoms with Gasteiger partial charge in [-0.1, -0.05) is 0 Å². The third-order valence-electron chi connectivity index (χ3n) is 2.64. The molecule has 1 aromatic rings. The minimum absolute atomic E-state index is 0.0232. The number of phenols is 1. The molecule has 5 nitrogen and oxygen atoms in total. The van der Waals surface area contributed by atoms with Gasteiger partial charge in [0.25, 0.3) is 0 Å². The molecule has 1 heterocycles. The fraction of sp³-hybridized carbons (Fsp3) is 0.364. The third-order valence-corrected chi connectivity index (χ3v) is 2.64. The zero-order valence-corrected chi connectivity index (χ0v) is 8.83. The van der Waals surface area contributed by atoms with Gasteiger partial charge in [-0.2, -0.15) is 0 Å². The van der Waals surface area contributed by atoms with E-state index in [4.69, 9.17) is 14.9 Å². The number of aromatic hydroxyl groups is 1. The lowest BCUT2D eigenvalue weighted by molar-refractivity contribution is 0.197. The number of hydrogen-bond acceptors (Lipinski definition) is 3. The Kier molecular flexibility index (Phi) is 2.70. The molecule has 1 fully saturated rings. The van der Waals surface area contributed by atoms with Gasteiger partial charge in [-0.25, -0.2) is 4.79 Å². The number of phenolic OH excluding ortho intramolecular Hbond substituents is 1. The van der Waals surface area contributed by atoms with Crippen LogP contribution in [0.3, 0.4) is 0 Å². The molecule has 0 radical (unpaired) electrons. The first-order valence-electron chi connectivity index (χ1n) is 5.02. The van der Waals surface area contributed by atoms with Crippen LogP contribution in [-0.4, -0.2) is 35.1 Å². The normalized spacial score (nSPS) is 20.2. The Labute approximate surface area is 92.9 Å². The van der Waals surface area contributed by atoms with Crippen molar-refractivity contribution in [2.75, 3.05) is 11.5 Å². The first-order chi connectivity index (χ1) is 7.59. The minimum atomic E-state index is -1.02. The number of nitrogens with zero attached hydrogens (tertiary/aromatic N) is 1. The lowest BCUT2D eigenvalue weighted by Crippen LogP contribution is -2.41. The Bertz CT molecular complexity index is 385. The third kappa shape index (κ3) is 2.09. The van der Waals surface area contributed by atoms with Crippen molar-refractivity contribution >= 4 is 11.8 Å². The molecule has 1 aliphatic heterocycles. The largest absolute Gasteiger partial charge is 0.508 e. The number of benzene rings is 1. The minimum Gasteiger partial charge on any atom is -0.508 e. The molecule has 1 aromatic carbocycles. The molecule has 1 amide bonds. The maximum absolute atomic E-state index is 11.2. The number of rotatable bonds is 3. The number of ether oxygens (including phenoxy) is 1.